The highest BCUT2D eigenvalue weighted by Crippen LogP contribution is 2.43. The standard InChI is InChI=1S/C22H18F3N5O2/c1-12(31)27-19-14-10-11-16(28-20(14)30-21(26)29-19)18-15(22(23,24)25)8-5-9-17(18)32-13-6-3-2-4-7-13/h2-12,31H,1H3,(H3,26,27,28,29,30). The molecule has 32 heavy (non-hydrogen) atoms. The number of hydrogen-bond donors (Lipinski definition) is 3. The fourth-order valence-electron chi connectivity index (χ4n) is 3.21. The second-order valence-corrected chi connectivity index (χ2v) is 6.91. The van der Waals surface area contributed by atoms with Gasteiger partial charge in [0.2, 0.25) is 5.95 Å². The molecule has 0 aliphatic rings. The van der Waals surface area contributed by atoms with Gasteiger partial charge in [0.25, 0.3) is 0 Å². The lowest BCUT2D eigenvalue weighted by Gasteiger charge is -2.18. The van der Waals surface area contributed by atoms with Crippen LogP contribution in [0.25, 0.3) is 22.3 Å². The van der Waals surface area contributed by atoms with Crippen LogP contribution < -0.4 is 15.8 Å². The third-order valence-electron chi connectivity index (χ3n) is 4.48. The van der Waals surface area contributed by atoms with Gasteiger partial charge in [-0.3, -0.25) is 0 Å². The summed E-state index contributed by atoms with van der Waals surface area (Å²) in [7, 11) is 0. The fraction of sp³-hybridized carbons (Fsp3) is 0.136. The minimum absolute atomic E-state index is 0.00236. The monoisotopic (exact) mass is 441 g/mol. The van der Waals surface area contributed by atoms with Gasteiger partial charge < -0.3 is 20.9 Å². The van der Waals surface area contributed by atoms with Crippen LogP contribution in [0.3, 0.4) is 0 Å². The summed E-state index contributed by atoms with van der Waals surface area (Å²) in [5.74, 6) is 0.438. The zero-order valence-electron chi connectivity index (χ0n) is 16.8. The first-order valence-electron chi connectivity index (χ1n) is 9.55. The highest BCUT2D eigenvalue weighted by Gasteiger charge is 2.36. The van der Waals surface area contributed by atoms with Crippen LogP contribution in [0.1, 0.15) is 12.5 Å². The van der Waals surface area contributed by atoms with Crippen molar-refractivity contribution in [3.05, 3.63) is 66.2 Å². The average molecular weight is 441 g/mol. The number of aromatic nitrogens is 3. The summed E-state index contributed by atoms with van der Waals surface area (Å²) in [5, 5.41) is 12.7. The molecule has 1 atom stereocenters. The van der Waals surface area contributed by atoms with Gasteiger partial charge in [-0.15, -0.1) is 0 Å². The Balaban J connectivity index is 1.91. The first-order chi connectivity index (χ1) is 15.2. The molecule has 4 rings (SSSR count). The maximum Gasteiger partial charge on any atom is 0.417 e. The number of alkyl halides is 3. The van der Waals surface area contributed by atoms with E-state index < -0.39 is 18.0 Å². The summed E-state index contributed by atoms with van der Waals surface area (Å²) in [6.45, 7) is 1.48. The third kappa shape index (κ3) is 4.40. The predicted octanol–water partition coefficient (Wildman–Crippen LogP) is 4.84. The predicted molar refractivity (Wildman–Crippen MR) is 114 cm³/mol. The maximum absolute atomic E-state index is 13.9. The number of halogens is 3. The van der Waals surface area contributed by atoms with Gasteiger partial charge in [-0.05, 0) is 43.3 Å². The Bertz CT molecular complexity index is 1260. The summed E-state index contributed by atoms with van der Waals surface area (Å²) in [6.07, 6.45) is -5.59. The molecule has 1 unspecified atom stereocenters. The number of nitrogens with two attached hydrogens (primary N) is 1. The van der Waals surface area contributed by atoms with Crippen LogP contribution >= 0.6 is 0 Å². The molecule has 7 nitrogen and oxygen atoms in total. The molecule has 4 aromatic rings. The van der Waals surface area contributed by atoms with E-state index >= 15 is 0 Å². The van der Waals surface area contributed by atoms with Gasteiger partial charge in [0.15, 0.2) is 5.65 Å². The van der Waals surface area contributed by atoms with E-state index in [1.807, 2.05) is 0 Å². The Morgan fingerprint density at radius 3 is 2.41 bits per heavy atom. The second-order valence-electron chi connectivity index (χ2n) is 6.91. The number of nitrogens with zero attached hydrogens (tertiary/aromatic N) is 3. The van der Waals surface area contributed by atoms with Gasteiger partial charge in [-0.1, -0.05) is 24.3 Å². The molecule has 0 saturated carbocycles. The van der Waals surface area contributed by atoms with Gasteiger partial charge in [0.05, 0.1) is 22.2 Å². The van der Waals surface area contributed by atoms with Crippen molar-refractivity contribution in [2.45, 2.75) is 19.3 Å². The van der Waals surface area contributed by atoms with Crippen molar-refractivity contribution < 1.29 is 23.0 Å². The normalized spacial score (nSPS) is 12.5. The number of para-hydroxylation sites is 1. The summed E-state index contributed by atoms with van der Waals surface area (Å²) in [5.41, 5.74) is 4.67. The first kappa shape index (κ1) is 21.3. The number of nitrogens with one attached hydrogen (secondary N) is 1. The zero-order valence-corrected chi connectivity index (χ0v) is 16.8. The van der Waals surface area contributed by atoms with Crippen LogP contribution in [-0.4, -0.2) is 26.3 Å². The molecule has 164 valence electrons. The lowest BCUT2D eigenvalue weighted by atomic mass is 10.0. The SMILES string of the molecule is CC(O)Nc1nc(N)nc2nc(-c3c(Oc4ccccc4)cccc3C(F)(F)F)ccc12. The van der Waals surface area contributed by atoms with Crippen molar-refractivity contribution in [3.63, 3.8) is 0 Å². The Kier molecular flexibility index (Phi) is 5.54. The van der Waals surface area contributed by atoms with E-state index in [1.165, 1.54) is 31.2 Å². The van der Waals surface area contributed by atoms with E-state index in [1.54, 1.807) is 30.3 Å². The molecule has 10 heteroatoms. The maximum atomic E-state index is 13.9. The van der Waals surface area contributed by atoms with Crippen molar-refractivity contribution in [1.82, 2.24) is 15.0 Å². The Morgan fingerprint density at radius 2 is 1.72 bits per heavy atom. The molecule has 0 fully saturated rings. The number of aliphatic hydroxyl groups is 1. The topological polar surface area (TPSA) is 106 Å². The van der Waals surface area contributed by atoms with Crippen molar-refractivity contribution in [2.24, 2.45) is 0 Å². The Hall–Kier alpha value is -3.92. The van der Waals surface area contributed by atoms with E-state index in [2.05, 4.69) is 20.3 Å². The van der Waals surface area contributed by atoms with E-state index in [0.717, 1.165) is 6.07 Å². The van der Waals surface area contributed by atoms with Crippen LogP contribution in [0.4, 0.5) is 24.9 Å². The number of rotatable bonds is 5. The number of benzene rings is 2. The van der Waals surface area contributed by atoms with Crippen LogP contribution in [-0.2, 0) is 6.18 Å². The van der Waals surface area contributed by atoms with Crippen LogP contribution in [0, 0.1) is 0 Å². The molecule has 4 N–H and O–H groups in total. The zero-order chi connectivity index (χ0) is 22.9. The second kappa shape index (κ2) is 8.31. The Morgan fingerprint density at radius 1 is 0.969 bits per heavy atom. The van der Waals surface area contributed by atoms with E-state index in [-0.39, 0.29) is 34.4 Å². The summed E-state index contributed by atoms with van der Waals surface area (Å²) < 4.78 is 47.4. The summed E-state index contributed by atoms with van der Waals surface area (Å²) in [4.78, 5) is 12.4. The smallest absolute Gasteiger partial charge is 0.417 e. The van der Waals surface area contributed by atoms with Gasteiger partial charge in [-0.2, -0.15) is 23.1 Å². The van der Waals surface area contributed by atoms with Gasteiger partial charge >= 0.3 is 6.18 Å². The molecular formula is C22H18F3N5O2. The molecule has 0 spiro atoms. The fourth-order valence-corrected chi connectivity index (χ4v) is 3.21. The first-order valence-corrected chi connectivity index (χ1v) is 9.55. The number of fused-ring (bicyclic) bond motifs is 1. The van der Waals surface area contributed by atoms with E-state index in [4.69, 9.17) is 10.5 Å². The number of hydrogen-bond acceptors (Lipinski definition) is 7. The van der Waals surface area contributed by atoms with Crippen molar-refractivity contribution in [3.8, 4) is 22.8 Å². The van der Waals surface area contributed by atoms with Crippen LogP contribution in [0.5, 0.6) is 11.5 Å². The molecular weight excluding hydrogens is 423 g/mol. The number of nitrogen functional groups attached to an aromatic ring is 1. The number of ether oxygens (including phenoxy) is 1. The molecule has 2 heterocycles. The molecule has 2 aromatic heterocycles. The van der Waals surface area contributed by atoms with Gasteiger partial charge in [0, 0.05) is 0 Å². The summed E-state index contributed by atoms with van der Waals surface area (Å²) >= 11 is 0. The molecule has 0 radical (unpaired) electrons. The number of pyridine rings is 1. The van der Waals surface area contributed by atoms with E-state index in [0.29, 0.717) is 11.1 Å². The Labute approximate surface area is 180 Å². The quantitative estimate of drug-likeness (QED) is 0.381. The highest BCUT2D eigenvalue weighted by atomic mass is 19.4. The highest BCUT2D eigenvalue weighted by molar-refractivity contribution is 5.90. The van der Waals surface area contributed by atoms with Gasteiger partial charge in [-0.25, -0.2) is 4.98 Å². The molecule has 0 aliphatic carbocycles. The molecule has 0 saturated heterocycles. The summed E-state index contributed by atoms with van der Waals surface area (Å²) in [6, 6.07) is 15.1. The molecule has 0 bridgehead atoms. The molecule has 0 amide bonds. The number of aliphatic hydroxyl groups excluding tert-OH is 1. The lowest BCUT2D eigenvalue weighted by Crippen LogP contribution is -2.16. The lowest BCUT2D eigenvalue weighted by molar-refractivity contribution is -0.137. The van der Waals surface area contributed by atoms with Crippen molar-refractivity contribution in [1.29, 1.82) is 0 Å². The van der Waals surface area contributed by atoms with E-state index in [9.17, 15) is 18.3 Å². The van der Waals surface area contributed by atoms with Crippen molar-refractivity contribution >= 4 is 22.8 Å². The minimum Gasteiger partial charge on any atom is -0.457 e. The minimum atomic E-state index is -4.65. The van der Waals surface area contributed by atoms with Crippen LogP contribution in [0.2, 0.25) is 0 Å². The van der Waals surface area contributed by atoms with Gasteiger partial charge in [0.1, 0.15) is 23.5 Å². The average Bonchev–Trinajstić information content (AvgIpc) is 2.73. The number of anilines is 2. The molecule has 2 aromatic carbocycles. The molecule has 0 aliphatic heterocycles. The third-order valence-corrected chi connectivity index (χ3v) is 4.48. The van der Waals surface area contributed by atoms with Crippen molar-refractivity contribution in [2.75, 3.05) is 11.1 Å². The van der Waals surface area contributed by atoms with Crippen LogP contribution in [0.15, 0.2) is 60.7 Å². The largest absolute Gasteiger partial charge is 0.457 e.